The number of aliphatic carboxylic acids is 1. The van der Waals surface area contributed by atoms with Crippen LogP contribution in [0, 0.1) is 6.92 Å². The Morgan fingerprint density at radius 3 is 2.80 bits per heavy atom. The van der Waals surface area contributed by atoms with Crippen molar-refractivity contribution < 1.29 is 14.7 Å². The van der Waals surface area contributed by atoms with Gasteiger partial charge in [0.25, 0.3) is 5.91 Å². The largest absolute Gasteiger partial charge is 0.481 e. The van der Waals surface area contributed by atoms with Crippen LogP contribution in [0.4, 0.5) is 0 Å². The fourth-order valence-electron chi connectivity index (χ4n) is 3.32. The molecular weight excluding hydrogens is 318 g/mol. The van der Waals surface area contributed by atoms with Gasteiger partial charge in [-0.3, -0.25) is 9.59 Å². The first-order valence-corrected chi connectivity index (χ1v) is 8.66. The van der Waals surface area contributed by atoms with Gasteiger partial charge in [0.1, 0.15) is 0 Å². The summed E-state index contributed by atoms with van der Waals surface area (Å²) >= 11 is 0. The normalized spacial score (nSPS) is 14.2. The van der Waals surface area contributed by atoms with Gasteiger partial charge in [-0.2, -0.15) is 5.10 Å². The first-order valence-electron chi connectivity index (χ1n) is 8.66. The van der Waals surface area contributed by atoms with Gasteiger partial charge in [0, 0.05) is 23.7 Å². The number of para-hydroxylation sites is 1. The second kappa shape index (κ2) is 7.09. The number of fused-ring (bicyclic) bond motifs is 1. The number of nitrogens with one attached hydrogen (secondary N) is 1. The minimum Gasteiger partial charge on any atom is -0.481 e. The summed E-state index contributed by atoms with van der Waals surface area (Å²) in [4.78, 5) is 23.3. The van der Waals surface area contributed by atoms with E-state index in [2.05, 4.69) is 10.4 Å². The van der Waals surface area contributed by atoms with Gasteiger partial charge in [0.05, 0.1) is 5.69 Å². The van der Waals surface area contributed by atoms with Crippen LogP contribution in [0.1, 0.15) is 53.5 Å². The summed E-state index contributed by atoms with van der Waals surface area (Å²) in [5.74, 6) is -1.07. The highest BCUT2D eigenvalue weighted by Gasteiger charge is 2.27. The van der Waals surface area contributed by atoms with Gasteiger partial charge in [0.15, 0.2) is 5.69 Å². The molecule has 1 unspecified atom stereocenters. The second-order valence-electron chi connectivity index (χ2n) is 6.63. The summed E-state index contributed by atoms with van der Waals surface area (Å²) < 4.78 is 1.90. The van der Waals surface area contributed by atoms with Crippen molar-refractivity contribution in [3.05, 3.63) is 46.8 Å². The Kier molecular flexibility index (Phi) is 4.88. The SMILES string of the molecule is Cc1ccccc1-n1nc(C(=O)NC(C)CCC(=O)O)c2c1CCC2. The Labute approximate surface area is 146 Å². The number of nitrogens with zero attached hydrogens (tertiary/aromatic N) is 2. The van der Waals surface area contributed by atoms with Gasteiger partial charge < -0.3 is 10.4 Å². The summed E-state index contributed by atoms with van der Waals surface area (Å²) in [5.41, 5.74) is 4.71. The molecular formula is C19H23N3O3. The molecule has 25 heavy (non-hydrogen) atoms. The third-order valence-electron chi connectivity index (χ3n) is 4.66. The van der Waals surface area contributed by atoms with E-state index in [1.165, 1.54) is 0 Å². The lowest BCUT2D eigenvalue weighted by Gasteiger charge is -2.12. The molecule has 2 aromatic rings. The average molecular weight is 341 g/mol. The molecule has 1 aromatic carbocycles. The molecule has 0 aliphatic heterocycles. The Bertz CT molecular complexity index is 810. The maximum atomic E-state index is 12.7. The van der Waals surface area contributed by atoms with Crippen molar-refractivity contribution >= 4 is 11.9 Å². The van der Waals surface area contributed by atoms with E-state index in [0.29, 0.717) is 12.1 Å². The highest BCUT2D eigenvalue weighted by molar-refractivity contribution is 5.94. The topological polar surface area (TPSA) is 84.2 Å². The lowest BCUT2D eigenvalue weighted by molar-refractivity contribution is -0.137. The van der Waals surface area contributed by atoms with Crippen molar-refractivity contribution in [1.82, 2.24) is 15.1 Å². The van der Waals surface area contributed by atoms with Crippen molar-refractivity contribution in [2.75, 3.05) is 0 Å². The molecule has 1 heterocycles. The van der Waals surface area contributed by atoms with E-state index in [4.69, 9.17) is 5.11 Å². The molecule has 3 rings (SSSR count). The van der Waals surface area contributed by atoms with E-state index in [9.17, 15) is 9.59 Å². The smallest absolute Gasteiger partial charge is 0.303 e. The summed E-state index contributed by atoms with van der Waals surface area (Å²) in [6, 6.07) is 7.80. The van der Waals surface area contributed by atoms with Crippen LogP contribution in [0.3, 0.4) is 0 Å². The van der Waals surface area contributed by atoms with E-state index in [0.717, 1.165) is 41.8 Å². The molecule has 1 aromatic heterocycles. The standard InChI is InChI=1S/C19H23N3O3/c1-12-6-3-4-8-15(12)22-16-9-5-7-14(16)18(21-22)19(25)20-13(2)10-11-17(23)24/h3-4,6,8,13H,5,7,9-11H2,1-2H3,(H,20,25)(H,23,24). The van der Waals surface area contributed by atoms with Crippen molar-refractivity contribution in [2.24, 2.45) is 0 Å². The zero-order valence-corrected chi connectivity index (χ0v) is 14.6. The van der Waals surface area contributed by atoms with Crippen LogP contribution in [0.5, 0.6) is 0 Å². The third kappa shape index (κ3) is 3.57. The van der Waals surface area contributed by atoms with Crippen LogP contribution in [0.15, 0.2) is 24.3 Å². The van der Waals surface area contributed by atoms with Crippen LogP contribution in [0.2, 0.25) is 0 Å². The summed E-state index contributed by atoms with van der Waals surface area (Å²) in [6.45, 7) is 3.85. The van der Waals surface area contributed by atoms with E-state index >= 15 is 0 Å². The van der Waals surface area contributed by atoms with Gasteiger partial charge in [-0.25, -0.2) is 4.68 Å². The molecule has 1 atom stereocenters. The highest BCUT2D eigenvalue weighted by Crippen LogP contribution is 2.28. The Hall–Kier alpha value is -2.63. The minimum absolute atomic E-state index is 0.0389. The van der Waals surface area contributed by atoms with Crippen LogP contribution in [-0.4, -0.2) is 32.8 Å². The summed E-state index contributed by atoms with van der Waals surface area (Å²) in [6.07, 6.45) is 3.23. The van der Waals surface area contributed by atoms with Gasteiger partial charge in [-0.15, -0.1) is 0 Å². The third-order valence-corrected chi connectivity index (χ3v) is 4.66. The number of hydrogen-bond acceptors (Lipinski definition) is 3. The lowest BCUT2D eigenvalue weighted by atomic mass is 10.1. The minimum atomic E-state index is -0.856. The molecule has 0 fully saturated rings. The number of hydrogen-bond donors (Lipinski definition) is 2. The number of amides is 1. The molecule has 0 spiro atoms. The number of carbonyl (C=O) groups is 2. The van der Waals surface area contributed by atoms with Crippen molar-refractivity contribution in [3.63, 3.8) is 0 Å². The van der Waals surface area contributed by atoms with E-state index in [1.54, 1.807) is 0 Å². The van der Waals surface area contributed by atoms with Crippen LogP contribution in [-0.2, 0) is 17.6 Å². The van der Waals surface area contributed by atoms with Gasteiger partial charge in [0.2, 0.25) is 0 Å². The van der Waals surface area contributed by atoms with Gasteiger partial charge >= 0.3 is 5.97 Å². The van der Waals surface area contributed by atoms with Crippen LogP contribution >= 0.6 is 0 Å². The Morgan fingerprint density at radius 2 is 2.08 bits per heavy atom. The number of rotatable bonds is 6. The molecule has 2 N–H and O–H groups in total. The number of aromatic nitrogens is 2. The maximum Gasteiger partial charge on any atom is 0.303 e. The first-order chi connectivity index (χ1) is 12.0. The molecule has 0 radical (unpaired) electrons. The number of carboxylic acid groups (broad SMARTS) is 1. The molecule has 132 valence electrons. The predicted octanol–water partition coefficient (Wildman–Crippen LogP) is 2.65. The van der Waals surface area contributed by atoms with Gasteiger partial charge in [-0.1, -0.05) is 18.2 Å². The molecule has 1 aliphatic rings. The molecule has 1 aliphatic carbocycles. The van der Waals surface area contributed by atoms with E-state index in [1.807, 2.05) is 42.8 Å². The zero-order valence-electron chi connectivity index (χ0n) is 14.6. The van der Waals surface area contributed by atoms with Crippen molar-refractivity contribution in [2.45, 2.75) is 52.0 Å². The number of benzene rings is 1. The number of carbonyl (C=O) groups excluding carboxylic acids is 1. The highest BCUT2D eigenvalue weighted by atomic mass is 16.4. The quantitative estimate of drug-likeness (QED) is 0.846. The monoisotopic (exact) mass is 341 g/mol. The molecule has 6 nitrogen and oxygen atoms in total. The fraction of sp³-hybridized carbons (Fsp3) is 0.421. The van der Waals surface area contributed by atoms with Crippen LogP contribution < -0.4 is 5.32 Å². The number of carboxylic acids is 1. The van der Waals surface area contributed by atoms with Crippen molar-refractivity contribution in [3.8, 4) is 5.69 Å². The van der Waals surface area contributed by atoms with Gasteiger partial charge in [-0.05, 0) is 51.2 Å². The fourth-order valence-corrected chi connectivity index (χ4v) is 3.32. The van der Waals surface area contributed by atoms with Crippen molar-refractivity contribution in [1.29, 1.82) is 0 Å². The van der Waals surface area contributed by atoms with Crippen LogP contribution in [0.25, 0.3) is 5.69 Å². The molecule has 1 amide bonds. The Morgan fingerprint density at radius 1 is 1.32 bits per heavy atom. The van der Waals surface area contributed by atoms with E-state index in [-0.39, 0.29) is 18.4 Å². The first kappa shape index (κ1) is 17.2. The zero-order chi connectivity index (χ0) is 18.0. The molecule has 0 saturated carbocycles. The summed E-state index contributed by atoms with van der Waals surface area (Å²) in [5, 5.41) is 16.2. The number of aryl methyl sites for hydroxylation is 1. The predicted molar refractivity (Wildman–Crippen MR) is 94.1 cm³/mol. The molecule has 6 heteroatoms. The Balaban J connectivity index is 1.86. The molecule has 0 saturated heterocycles. The lowest BCUT2D eigenvalue weighted by Crippen LogP contribution is -2.33. The maximum absolute atomic E-state index is 12.7. The summed E-state index contributed by atoms with van der Waals surface area (Å²) in [7, 11) is 0. The molecule has 0 bridgehead atoms. The average Bonchev–Trinajstić information content (AvgIpc) is 3.16. The van der Waals surface area contributed by atoms with E-state index < -0.39 is 5.97 Å². The second-order valence-corrected chi connectivity index (χ2v) is 6.63.